The third-order valence-electron chi connectivity index (χ3n) is 4.14. The van der Waals surface area contributed by atoms with E-state index < -0.39 is 5.82 Å². The van der Waals surface area contributed by atoms with Gasteiger partial charge in [0, 0.05) is 19.6 Å². The predicted molar refractivity (Wildman–Crippen MR) is 88.8 cm³/mol. The van der Waals surface area contributed by atoms with Gasteiger partial charge in [0.15, 0.2) is 0 Å². The van der Waals surface area contributed by atoms with Crippen molar-refractivity contribution in [3.8, 4) is 0 Å². The molecular formula is C18H20FN3O. The number of hydrogen-bond acceptors (Lipinski definition) is 2. The summed E-state index contributed by atoms with van der Waals surface area (Å²) in [5, 5.41) is 2.69. The monoisotopic (exact) mass is 313 g/mol. The van der Waals surface area contributed by atoms with Gasteiger partial charge < -0.3 is 15.1 Å². The van der Waals surface area contributed by atoms with Crippen LogP contribution in [-0.2, 0) is 0 Å². The number of anilines is 1. The van der Waals surface area contributed by atoms with E-state index in [0.29, 0.717) is 6.54 Å². The highest BCUT2D eigenvalue weighted by atomic mass is 19.1. The second kappa shape index (κ2) is 6.79. The van der Waals surface area contributed by atoms with Crippen molar-refractivity contribution < 1.29 is 9.18 Å². The first kappa shape index (κ1) is 15.5. The van der Waals surface area contributed by atoms with Crippen LogP contribution < -0.4 is 5.32 Å². The van der Waals surface area contributed by atoms with Gasteiger partial charge in [-0.25, -0.2) is 9.18 Å². The summed E-state index contributed by atoms with van der Waals surface area (Å²) in [6.45, 7) is 2.17. The lowest BCUT2D eigenvalue weighted by Crippen LogP contribution is -2.50. The molecule has 2 aromatic rings. The van der Waals surface area contributed by atoms with Crippen LogP contribution in [-0.4, -0.2) is 42.5 Å². The van der Waals surface area contributed by atoms with Gasteiger partial charge in [0.1, 0.15) is 5.82 Å². The number of likely N-dealkylation sites (N-methyl/N-ethyl adjacent to an activating group) is 1. The van der Waals surface area contributed by atoms with Crippen LogP contribution in [0.3, 0.4) is 0 Å². The zero-order valence-corrected chi connectivity index (χ0v) is 13.1. The molecule has 120 valence electrons. The largest absolute Gasteiger partial charge is 0.322 e. The number of urea groups is 1. The Bertz CT molecular complexity index is 677. The quantitative estimate of drug-likeness (QED) is 0.923. The van der Waals surface area contributed by atoms with E-state index in [9.17, 15) is 9.18 Å². The molecule has 1 N–H and O–H groups in total. The molecule has 5 heteroatoms. The molecule has 4 nitrogen and oxygen atoms in total. The topological polar surface area (TPSA) is 35.6 Å². The van der Waals surface area contributed by atoms with Crippen molar-refractivity contribution in [3.05, 3.63) is 66.0 Å². The number of para-hydroxylation sites is 1. The van der Waals surface area contributed by atoms with E-state index in [0.717, 1.165) is 18.7 Å². The first-order valence-corrected chi connectivity index (χ1v) is 7.71. The second-order valence-electron chi connectivity index (χ2n) is 5.79. The standard InChI is InChI=1S/C18H20FN3O/c1-21-11-12-22(17(13-21)14-7-3-2-4-8-14)18(23)20-16-10-6-5-9-15(16)19/h2-10,17H,11-13H2,1H3,(H,20,23)/t17-/m0/s1. The summed E-state index contributed by atoms with van der Waals surface area (Å²) in [6, 6.07) is 15.9. The number of rotatable bonds is 2. The number of carbonyl (C=O) groups is 1. The third kappa shape index (κ3) is 3.51. The van der Waals surface area contributed by atoms with Crippen molar-refractivity contribution in [2.75, 3.05) is 32.0 Å². The molecule has 2 amide bonds. The molecule has 0 unspecified atom stereocenters. The van der Waals surface area contributed by atoms with E-state index in [1.807, 2.05) is 37.4 Å². The summed E-state index contributed by atoms with van der Waals surface area (Å²) >= 11 is 0. The van der Waals surface area contributed by atoms with Gasteiger partial charge in [0.05, 0.1) is 11.7 Å². The molecule has 1 aliphatic rings. The smallest absolute Gasteiger partial charge is 0.315 e. The Balaban J connectivity index is 1.81. The molecule has 0 saturated carbocycles. The van der Waals surface area contributed by atoms with Crippen molar-refractivity contribution in [2.45, 2.75) is 6.04 Å². The average Bonchev–Trinajstić information content (AvgIpc) is 2.57. The zero-order valence-electron chi connectivity index (χ0n) is 13.1. The summed E-state index contributed by atoms with van der Waals surface area (Å²) in [4.78, 5) is 16.6. The lowest BCUT2D eigenvalue weighted by molar-refractivity contribution is 0.116. The molecule has 23 heavy (non-hydrogen) atoms. The molecule has 3 rings (SSSR count). The van der Waals surface area contributed by atoms with Crippen LogP contribution in [0.4, 0.5) is 14.9 Å². The Morgan fingerprint density at radius 2 is 1.78 bits per heavy atom. The van der Waals surface area contributed by atoms with Gasteiger partial charge in [-0.15, -0.1) is 0 Å². The first-order valence-electron chi connectivity index (χ1n) is 7.71. The van der Waals surface area contributed by atoms with E-state index in [-0.39, 0.29) is 17.8 Å². The van der Waals surface area contributed by atoms with Crippen molar-refractivity contribution in [1.82, 2.24) is 9.80 Å². The molecule has 1 saturated heterocycles. The molecule has 0 radical (unpaired) electrons. The minimum absolute atomic E-state index is 0.0401. The summed E-state index contributed by atoms with van der Waals surface area (Å²) in [5.74, 6) is -0.425. The highest BCUT2D eigenvalue weighted by molar-refractivity contribution is 5.89. The molecular weight excluding hydrogens is 293 g/mol. The van der Waals surface area contributed by atoms with E-state index in [1.54, 1.807) is 23.1 Å². The molecule has 1 heterocycles. The molecule has 0 aromatic heterocycles. The minimum Gasteiger partial charge on any atom is -0.315 e. The first-order chi connectivity index (χ1) is 11.1. The van der Waals surface area contributed by atoms with Gasteiger partial charge in [0.2, 0.25) is 0 Å². The molecule has 1 aliphatic heterocycles. The van der Waals surface area contributed by atoms with E-state index in [2.05, 4.69) is 10.2 Å². The van der Waals surface area contributed by atoms with Crippen LogP contribution in [0.5, 0.6) is 0 Å². The Hall–Kier alpha value is -2.40. The highest BCUT2D eigenvalue weighted by Crippen LogP contribution is 2.26. The molecule has 1 fully saturated rings. The maximum Gasteiger partial charge on any atom is 0.322 e. The summed E-state index contributed by atoms with van der Waals surface area (Å²) in [5.41, 5.74) is 1.30. The number of nitrogens with zero attached hydrogens (tertiary/aromatic N) is 2. The summed E-state index contributed by atoms with van der Waals surface area (Å²) in [6.07, 6.45) is 0. The van der Waals surface area contributed by atoms with Crippen LogP contribution in [0.25, 0.3) is 0 Å². The Morgan fingerprint density at radius 1 is 1.09 bits per heavy atom. The summed E-state index contributed by atoms with van der Waals surface area (Å²) < 4.78 is 13.8. The Kier molecular flexibility index (Phi) is 4.57. The molecule has 1 atom stereocenters. The Labute approximate surface area is 135 Å². The number of piperazine rings is 1. The van der Waals surface area contributed by atoms with Gasteiger partial charge in [0.25, 0.3) is 0 Å². The normalized spacial score (nSPS) is 18.7. The Morgan fingerprint density at radius 3 is 2.52 bits per heavy atom. The molecule has 0 spiro atoms. The molecule has 0 aliphatic carbocycles. The van der Waals surface area contributed by atoms with Gasteiger partial charge in [-0.3, -0.25) is 0 Å². The zero-order chi connectivity index (χ0) is 16.2. The average molecular weight is 313 g/mol. The van der Waals surface area contributed by atoms with E-state index in [1.165, 1.54) is 6.07 Å². The number of benzene rings is 2. The fourth-order valence-electron chi connectivity index (χ4n) is 2.87. The number of carbonyl (C=O) groups excluding carboxylic acids is 1. The lowest BCUT2D eigenvalue weighted by atomic mass is 10.0. The van der Waals surface area contributed by atoms with Crippen molar-refractivity contribution >= 4 is 11.7 Å². The van der Waals surface area contributed by atoms with Gasteiger partial charge in [-0.2, -0.15) is 0 Å². The van der Waals surface area contributed by atoms with Crippen molar-refractivity contribution in [2.24, 2.45) is 0 Å². The maximum absolute atomic E-state index is 13.8. The van der Waals surface area contributed by atoms with Crippen LogP contribution in [0.15, 0.2) is 54.6 Å². The van der Waals surface area contributed by atoms with E-state index in [4.69, 9.17) is 0 Å². The fourth-order valence-corrected chi connectivity index (χ4v) is 2.87. The lowest BCUT2D eigenvalue weighted by Gasteiger charge is -2.40. The van der Waals surface area contributed by atoms with Crippen LogP contribution in [0, 0.1) is 5.82 Å². The van der Waals surface area contributed by atoms with Gasteiger partial charge in [-0.1, -0.05) is 42.5 Å². The van der Waals surface area contributed by atoms with Crippen LogP contribution >= 0.6 is 0 Å². The molecule has 0 bridgehead atoms. The predicted octanol–water partition coefficient (Wildman–Crippen LogP) is 3.35. The molecule has 2 aromatic carbocycles. The highest BCUT2D eigenvalue weighted by Gasteiger charge is 2.30. The number of amides is 2. The van der Waals surface area contributed by atoms with Gasteiger partial charge in [-0.05, 0) is 24.7 Å². The third-order valence-corrected chi connectivity index (χ3v) is 4.14. The van der Waals surface area contributed by atoms with E-state index >= 15 is 0 Å². The fraction of sp³-hybridized carbons (Fsp3) is 0.278. The second-order valence-corrected chi connectivity index (χ2v) is 5.79. The van der Waals surface area contributed by atoms with Crippen molar-refractivity contribution in [3.63, 3.8) is 0 Å². The number of halogens is 1. The summed E-state index contributed by atoms with van der Waals surface area (Å²) in [7, 11) is 2.04. The maximum atomic E-state index is 13.8. The SMILES string of the molecule is CN1CCN(C(=O)Nc2ccccc2F)[C@H](c2ccccc2)C1. The van der Waals surface area contributed by atoms with Crippen LogP contribution in [0.1, 0.15) is 11.6 Å². The number of hydrogen-bond donors (Lipinski definition) is 1. The van der Waals surface area contributed by atoms with Crippen molar-refractivity contribution in [1.29, 1.82) is 0 Å². The minimum atomic E-state index is -0.425. The number of nitrogens with one attached hydrogen (secondary N) is 1. The van der Waals surface area contributed by atoms with Crippen LogP contribution in [0.2, 0.25) is 0 Å². The van der Waals surface area contributed by atoms with Gasteiger partial charge >= 0.3 is 6.03 Å².